The second kappa shape index (κ2) is 11.7. The molecule has 0 fully saturated rings. The molecule has 0 atom stereocenters. The van der Waals surface area contributed by atoms with Gasteiger partial charge >= 0.3 is 0 Å². The third kappa shape index (κ3) is 6.70. The largest absolute Gasteiger partial charge is 0.0760 e. The number of aryl methyl sites for hydroxylation is 4. The lowest BCUT2D eigenvalue weighted by Gasteiger charge is -2.11. The van der Waals surface area contributed by atoms with Gasteiger partial charge in [0.1, 0.15) is 0 Å². The molecule has 4 aromatic rings. The minimum absolute atomic E-state index is 1.04. The van der Waals surface area contributed by atoms with Crippen LogP contribution in [0.15, 0.2) is 109 Å². The average molecular weight is 457 g/mol. The Bertz CT molecular complexity index is 1080. The number of allylic oxidation sites excluding steroid dienone is 2. The van der Waals surface area contributed by atoms with Crippen molar-refractivity contribution in [2.75, 3.05) is 0 Å². The van der Waals surface area contributed by atoms with Crippen molar-refractivity contribution in [2.24, 2.45) is 0 Å². The van der Waals surface area contributed by atoms with Crippen molar-refractivity contribution >= 4 is 11.1 Å². The molecule has 0 spiro atoms. The first-order valence-electron chi connectivity index (χ1n) is 12.7. The third-order valence-corrected chi connectivity index (χ3v) is 6.56. The molecular weight excluding hydrogens is 420 g/mol. The van der Waals surface area contributed by atoms with Crippen LogP contribution in [0, 0.1) is 27.7 Å². The molecule has 4 rings (SSSR count). The maximum Gasteiger partial charge on any atom is -0.0151 e. The molecule has 0 saturated heterocycles. The molecule has 176 valence electrons. The van der Waals surface area contributed by atoms with Gasteiger partial charge in [-0.2, -0.15) is 0 Å². The molecule has 0 bridgehead atoms. The van der Waals surface area contributed by atoms with Crippen molar-refractivity contribution < 1.29 is 0 Å². The van der Waals surface area contributed by atoms with Crippen LogP contribution in [0.5, 0.6) is 0 Å². The van der Waals surface area contributed by atoms with Gasteiger partial charge in [-0.15, -0.1) is 0 Å². The number of unbranched alkanes of at least 4 members (excludes halogenated alkanes) is 2. The van der Waals surface area contributed by atoms with Gasteiger partial charge in [-0.3, -0.25) is 0 Å². The molecule has 0 nitrogen and oxygen atoms in total. The molecule has 0 radical (unpaired) electrons. The molecule has 35 heavy (non-hydrogen) atoms. The van der Waals surface area contributed by atoms with Crippen molar-refractivity contribution in [3.63, 3.8) is 0 Å². The van der Waals surface area contributed by atoms with Crippen molar-refractivity contribution in [1.29, 1.82) is 0 Å². The monoisotopic (exact) mass is 456 g/mol. The molecule has 0 saturated carbocycles. The van der Waals surface area contributed by atoms with Gasteiger partial charge < -0.3 is 0 Å². The highest BCUT2D eigenvalue weighted by Gasteiger charge is 2.07. The Morgan fingerprint density at radius 2 is 0.629 bits per heavy atom. The van der Waals surface area contributed by atoms with Gasteiger partial charge in [0.25, 0.3) is 0 Å². The van der Waals surface area contributed by atoms with Gasteiger partial charge in [0.2, 0.25) is 0 Å². The number of benzene rings is 4. The van der Waals surface area contributed by atoms with Gasteiger partial charge in [-0.05, 0) is 80.4 Å². The van der Waals surface area contributed by atoms with Crippen LogP contribution in [0.3, 0.4) is 0 Å². The van der Waals surface area contributed by atoms with Crippen molar-refractivity contribution in [2.45, 2.75) is 47.0 Å². The summed E-state index contributed by atoms with van der Waals surface area (Å²) in [6, 6.07) is 35.6. The van der Waals surface area contributed by atoms with Gasteiger partial charge in [-0.1, -0.05) is 131 Å². The summed E-state index contributed by atoms with van der Waals surface area (Å²) in [6.45, 7) is 8.58. The Kier molecular flexibility index (Phi) is 8.16. The van der Waals surface area contributed by atoms with Gasteiger partial charge in [0.15, 0.2) is 0 Å². The van der Waals surface area contributed by atoms with E-state index in [0.717, 1.165) is 19.3 Å². The van der Waals surface area contributed by atoms with E-state index in [1.54, 1.807) is 0 Å². The highest BCUT2D eigenvalue weighted by molar-refractivity contribution is 5.81. The van der Waals surface area contributed by atoms with Crippen LogP contribution in [0.4, 0.5) is 0 Å². The summed E-state index contributed by atoms with van der Waals surface area (Å²) in [5, 5.41) is 0. The lowest BCUT2D eigenvalue weighted by Crippen LogP contribution is -1.90. The summed E-state index contributed by atoms with van der Waals surface area (Å²) in [7, 11) is 0. The van der Waals surface area contributed by atoms with Crippen molar-refractivity contribution in [3.05, 3.63) is 154 Å². The second-order valence-corrected chi connectivity index (χ2v) is 9.63. The van der Waals surface area contributed by atoms with E-state index in [1.807, 2.05) is 0 Å². The van der Waals surface area contributed by atoms with E-state index in [0.29, 0.717) is 0 Å². The Hall–Kier alpha value is -3.64. The first-order chi connectivity index (χ1) is 17.0. The van der Waals surface area contributed by atoms with Gasteiger partial charge in [-0.25, -0.2) is 0 Å². The molecule has 0 heterocycles. The zero-order chi connectivity index (χ0) is 24.6. The van der Waals surface area contributed by atoms with E-state index in [1.165, 1.54) is 55.7 Å². The van der Waals surface area contributed by atoms with E-state index in [2.05, 4.69) is 137 Å². The fourth-order valence-electron chi connectivity index (χ4n) is 4.35. The molecule has 4 aromatic carbocycles. The summed E-state index contributed by atoms with van der Waals surface area (Å²) in [5.41, 5.74) is 13.0. The van der Waals surface area contributed by atoms with Crippen LogP contribution >= 0.6 is 0 Å². The highest BCUT2D eigenvalue weighted by Crippen LogP contribution is 2.27. The SMILES string of the molecule is Cc1ccc(C(=CCCCC=C(c2ccc(C)cc2)c2ccc(C)cc2)c2ccc(C)cc2)cc1. The number of hydrogen-bond acceptors (Lipinski definition) is 0. The highest BCUT2D eigenvalue weighted by atomic mass is 14.1. The lowest BCUT2D eigenvalue weighted by molar-refractivity contribution is 0.870. The third-order valence-electron chi connectivity index (χ3n) is 6.56. The van der Waals surface area contributed by atoms with Crippen LogP contribution in [-0.2, 0) is 0 Å². The standard InChI is InChI=1S/C35H36/c1-26-10-18-30(19-11-26)34(31-20-12-27(2)13-21-31)8-6-5-7-9-35(32-22-14-28(3)15-23-32)33-24-16-29(4)17-25-33/h8-25H,5-7H2,1-4H3. The summed E-state index contributed by atoms with van der Waals surface area (Å²) in [5.74, 6) is 0. The second-order valence-electron chi connectivity index (χ2n) is 9.63. The zero-order valence-electron chi connectivity index (χ0n) is 21.5. The van der Waals surface area contributed by atoms with Crippen LogP contribution in [-0.4, -0.2) is 0 Å². The Labute approximate surface area is 211 Å². The molecule has 0 aliphatic heterocycles. The summed E-state index contributed by atoms with van der Waals surface area (Å²) in [4.78, 5) is 0. The van der Waals surface area contributed by atoms with Crippen LogP contribution in [0.25, 0.3) is 11.1 Å². The number of hydrogen-bond donors (Lipinski definition) is 0. The maximum atomic E-state index is 2.42. The van der Waals surface area contributed by atoms with Gasteiger partial charge in [0, 0.05) is 0 Å². The fourth-order valence-corrected chi connectivity index (χ4v) is 4.35. The molecule has 0 aromatic heterocycles. The molecule has 0 unspecified atom stereocenters. The Morgan fingerprint density at radius 3 is 0.857 bits per heavy atom. The van der Waals surface area contributed by atoms with E-state index in [4.69, 9.17) is 0 Å². The van der Waals surface area contributed by atoms with E-state index in [-0.39, 0.29) is 0 Å². The van der Waals surface area contributed by atoms with E-state index in [9.17, 15) is 0 Å². The average Bonchev–Trinajstić information content (AvgIpc) is 2.87. The molecular formula is C35H36. The predicted octanol–water partition coefficient (Wildman–Crippen LogP) is 9.65. The minimum Gasteiger partial charge on any atom is -0.0760 e. The Morgan fingerprint density at radius 1 is 0.400 bits per heavy atom. The normalized spacial score (nSPS) is 10.6. The van der Waals surface area contributed by atoms with E-state index < -0.39 is 0 Å². The number of rotatable bonds is 8. The van der Waals surface area contributed by atoms with Gasteiger partial charge in [0.05, 0.1) is 0 Å². The van der Waals surface area contributed by atoms with Crippen LogP contribution in [0.2, 0.25) is 0 Å². The lowest BCUT2D eigenvalue weighted by atomic mass is 9.94. The summed E-state index contributed by atoms with van der Waals surface area (Å²) < 4.78 is 0. The quantitative estimate of drug-likeness (QED) is 0.231. The first-order valence-corrected chi connectivity index (χ1v) is 12.7. The molecule has 0 amide bonds. The topological polar surface area (TPSA) is 0 Å². The molecule has 0 aliphatic rings. The fraction of sp³-hybridized carbons (Fsp3) is 0.200. The van der Waals surface area contributed by atoms with E-state index >= 15 is 0 Å². The summed E-state index contributed by atoms with van der Waals surface area (Å²) >= 11 is 0. The van der Waals surface area contributed by atoms with Crippen molar-refractivity contribution in [3.8, 4) is 0 Å². The van der Waals surface area contributed by atoms with Crippen LogP contribution < -0.4 is 0 Å². The van der Waals surface area contributed by atoms with Crippen molar-refractivity contribution in [1.82, 2.24) is 0 Å². The van der Waals surface area contributed by atoms with Crippen LogP contribution in [0.1, 0.15) is 63.8 Å². The molecule has 0 aliphatic carbocycles. The summed E-state index contributed by atoms with van der Waals surface area (Å²) in [6.07, 6.45) is 8.04. The minimum atomic E-state index is 1.04. The molecule has 0 heteroatoms. The maximum absolute atomic E-state index is 2.42. The Balaban J connectivity index is 1.54. The predicted molar refractivity (Wildman–Crippen MR) is 153 cm³/mol. The smallest absolute Gasteiger partial charge is 0.0151 e. The molecule has 0 N–H and O–H groups in total. The first kappa shape index (κ1) is 24.5. The zero-order valence-corrected chi connectivity index (χ0v) is 21.5.